The molecule has 0 aliphatic heterocycles. The first-order chi connectivity index (χ1) is 10.3. The molecule has 2 aromatic carbocycles. The minimum Gasteiger partial charge on any atom is -0.462 e. The first-order valence-corrected chi connectivity index (χ1v) is 6.90. The molecule has 0 fully saturated rings. The quantitative estimate of drug-likeness (QED) is 0.677. The monoisotopic (exact) mass is 277 g/mol. The van der Waals surface area contributed by atoms with E-state index < -0.39 is 0 Å². The second-order valence-electron chi connectivity index (χ2n) is 4.72. The number of aromatic nitrogens is 1. The van der Waals surface area contributed by atoms with E-state index in [0.29, 0.717) is 12.2 Å². The second kappa shape index (κ2) is 5.75. The highest BCUT2D eigenvalue weighted by Gasteiger charge is 2.08. The third-order valence-corrected chi connectivity index (χ3v) is 3.30. The topological polar surface area (TPSA) is 39.2 Å². The summed E-state index contributed by atoms with van der Waals surface area (Å²) in [6.45, 7) is 2.16. The molecule has 0 unspecified atom stereocenters. The molecule has 3 rings (SSSR count). The number of ether oxygens (including phenoxy) is 1. The van der Waals surface area contributed by atoms with Gasteiger partial charge in [-0.05, 0) is 30.2 Å². The van der Waals surface area contributed by atoms with Crippen molar-refractivity contribution in [2.24, 2.45) is 0 Å². The Morgan fingerprint density at radius 1 is 1.05 bits per heavy atom. The number of benzene rings is 2. The number of esters is 1. The minimum atomic E-state index is -0.334. The first kappa shape index (κ1) is 13.3. The molecular weight excluding hydrogens is 262 g/mol. The molecule has 21 heavy (non-hydrogen) atoms. The molecule has 0 spiro atoms. The van der Waals surface area contributed by atoms with Crippen LogP contribution in [0.3, 0.4) is 0 Å². The van der Waals surface area contributed by atoms with E-state index in [9.17, 15) is 4.79 Å². The Bertz CT molecular complexity index is 782. The van der Waals surface area contributed by atoms with Gasteiger partial charge < -0.3 is 4.74 Å². The largest absolute Gasteiger partial charge is 0.462 e. The summed E-state index contributed by atoms with van der Waals surface area (Å²) in [6.07, 6.45) is 1.56. The van der Waals surface area contributed by atoms with Crippen molar-refractivity contribution >= 4 is 16.9 Å². The Balaban J connectivity index is 2.01. The van der Waals surface area contributed by atoms with Gasteiger partial charge >= 0.3 is 5.97 Å². The van der Waals surface area contributed by atoms with E-state index in [0.717, 1.165) is 22.0 Å². The van der Waals surface area contributed by atoms with E-state index in [1.165, 1.54) is 0 Å². The third-order valence-electron chi connectivity index (χ3n) is 3.30. The van der Waals surface area contributed by atoms with Crippen molar-refractivity contribution in [3.63, 3.8) is 0 Å². The summed E-state index contributed by atoms with van der Waals surface area (Å²) in [5.41, 5.74) is 3.61. The zero-order chi connectivity index (χ0) is 14.7. The van der Waals surface area contributed by atoms with E-state index >= 15 is 0 Å². The number of hydrogen-bond acceptors (Lipinski definition) is 3. The van der Waals surface area contributed by atoms with Crippen LogP contribution >= 0.6 is 0 Å². The standard InChI is InChI=1S/C18H15NO2/c1-2-21-18(20)16-10-15-9-8-14(11-17(15)19-12-16)13-6-4-3-5-7-13/h3-12H,2H2,1H3. The summed E-state index contributed by atoms with van der Waals surface area (Å²) in [7, 11) is 0. The molecule has 3 nitrogen and oxygen atoms in total. The molecule has 0 N–H and O–H groups in total. The van der Waals surface area contributed by atoms with Crippen LogP contribution in [-0.4, -0.2) is 17.6 Å². The number of fused-ring (bicyclic) bond motifs is 1. The predicted octanol–water partition coefficient (Wildman–Crippen LogP) is 4.08. The van der Waals surface area contributed by atoms with Crippen molar-refractivity contribution in [1.82, 2.24) is 4.98 Å². The molecule has 1 aromatic heterocycles. The van der Waals surface area contributed by atoms with Crippen LogP contribution < -0.4 is 0 Å². The molecule has 0 radical (unpaired) electrons. The van der Waals surface area contributed by atoms with Crippen LogP contribution in [0.15, 0.2) is 60.8 Å². The van der Waals surface area contributed by atoms with Crippen LogP contribution in [0.5, 0.6) is 0 Å². The number of nitrogens with zero attached hydrogens (tertiary/aromatic N) is 1. The lowest BCUT2D eigenvalue weighted by molar-refractivity contribution is 0.0526. The minimum absolute atomic E-state index is 0.334. The molecule has 104 valence electrons. The van der Waals surface area contributed by atoms with Crippen LogP contribution in [0, 0.1) is 0 Å². The van der Waals surface area contributed by atoms with Gasteiger partial charge in [-0.15, -0.1) is 0 Å². The molecule has 3 aromatic rings. The van der Waals surface area contributed by atoms with Gasteiger partial charge in [-0.3, -0.25) is 4.98 Å². The number of rotatable bonds is 3. The summed E-state index contributed by atoms with van der Waals surface area (Å²) in [4.78, 5) is 16.1. The van der Waals surface area contributed by atoms with Crippen molar-refractivity contribution in [2.45, 2.75) is 6.92 Å². The van der Waals surface area contributed by atoms with Crippen molar-refractivity contribution in [2.75, 3.05) is 6.61 Å². The van der Waals surface area contributed by atoms with Gasteiger partial charge in [-0.2, -0.15) is 0 Å². The maximum atomic E-state index is 11.7. The van der Waals surface area contributed by atoms with Gasteiger partial charge in [-0.25, -0.2) is 4.79 Å². The van der Waals surface area contributed by atoms with Gasteiger partial charge in [0.05, 0.1) is 17.7 Å². The number of hydrogen-bond donors (Lipinski definition) is 0. The Morgan fingerprint density at radius 2 is 1.86 bits per heavy atom. The van der Waals surface area contributed by atoms with Crippen LogP contribution in [0.4, 0.5) is 0 Å². The van der Waals surface area contributed by atoms with Crippen molar-refractivity contribution in [1.29, 1.82) is 0 Å². The number of carbonyl (C=O) groups excluding carboxylic acids is 1. The maximum absolute atomic E-state index is 11.7. The highest BCUT2D eigenvalue weighted by atomic mass is 16.5. The van der Waals surface area contributed by atoms with Gasteiger partial charge in [0, 0.05) is 11.6 Å². The van der Waals surface area contributed by atoms with Gasteiger partial charge in [0.25, 0.3) is 0 Å². The zero-order valence-electron chi connectivity index (χ0n) is 11.7. The first-order valence-electron chi connectivity index (χ1n) is 6.90. The molecule has 0 aliphatic rings. The average Bonchev–Trinajstić information content (AvgIpc) is 2.55. The third kappa shape index (κ3) is 2.77. The molecule has 0 aliphatic carbocycles. The molecule has 0 saturated heterocycles. The Kier molecular flexibility index (Phi) is 3.65. The van der Waals surface area contributed by atoms with Crippen LogP contribution in [0.2, 0.25) is 0 Å². The fourth-order valence-corrected chi connectivity index (χ4v) is 2.26. The van der Waals surface area contributed by atoms with Gasteiger partial charge in [0.15, 0.2) is 0 Å². The maximum Gasteiger partial charge on any atom is 0.339 e. The highest BCUT2D eigenvalue weighted by molar-refractivity contribution is 5.94. The van der Waals surface area contributed by atoms with Gasteiger partial charge in [0.2, 0.25) is 0 Å². The summed E-state index contributed by atoms with van der Waals surface area (Å²) in [5, 5.41) is 0.931. The predicted molar refractivity (Wildman–Crippen MR) is 83.1 cm³/mol. The molecule has 0 bridgehead atoms. The van der Waals surface area contributed by atoms with E-state index in [2.05, 4.69) is 17.1 Å². The fourth-order valence-electron chi connectivity index (χ4n) is 2.26. The summed E-state index contributed by atoms with van der Waals surface area (Å²) in [5.74, 6) is -0.334. The molecule has 1 heterocycles. The SMILES string of the molecule is CCOC(=O)c1cnc2cc(-c3ccccc3)ccc2c1. The molecular formula is C18H15NO2. The summed E-state index contributed by atoms with van der Waals surface area (Å²) in [6, 6.07) is 18.0. The van der Waals surface area contributed by atoms with Crippen LogP contribution in [-0.2, 0) is 4.74 Å². The van der Waals surface area contributed by atoms with E-state index in [4.69, 9.17) is 4.74 Å². The molecule has 3 heteroatoms. The van der Waals surface area contributed by atoms with E-state index in [1.807, 2.05) is 42.5 Å². The lowest BCUT2D eigenvalue weighted by atomic mass is 10.0. The Hall–Kier alpha value is -2.68. The summed E-state index contributed by atoms with van der Waals surface area (Å²) < 4.78 is 4.99. The van der Waals surface area contributed by atoms with Crippen molar-refractivity contribution in [3.05, 3.63) is 66.4 Å². The lowest BCUT2D eigenvalue weighted by Gasteiger charge is -2.05. The molecule has 0 saturated carbocycles. The number of pyridine rings is 1. The normalized spacial score (nSPS) is 10.5. The van der Waals surface area contributed by atoms with E-state index in [-0.39, 0.29) is 5.97 Å². The Morgan fingerprint density at radius 3 is 2.62 bits per heavy atom. The van der Waals surface area contributed by atoms with Crippen LogP contribution in [0.1, 0.15) is 17.3 Å². The second-order valence-corrected chi connectivity index (χ2v) is 4.72. The van der Waals surface area contributed by atoms with Crippen LogP contribution in [0.25, 0.3) is 22.0 Å². The lowest BCUT2D eigenvalue weighted by Crippen LogP contribution is -2.04. The molecule has 0 amide bonds. The molecule has 0 atom stereocenters. The smallest absolute Gasteiger partial charge is 0.339 e. The van der Waals surface area contributed by atoms with Gasteiger partial charge in [0.1, 0.15) is 0 Å². The van der Waals surface area contributed by atoms with Crippen molar-refractivity contribution < 1.29 is 9.53 Å². The Labute approximate surface area is 123 Å². The van der Waals surface area contributed by atoms with Crippen molar-refractivity contribution in [3.8, 4) is 11.1 Å². The zero-order valence-corrected chi connectivity index (χ0v) is 11.7. The van der Waals surface area contributed by atoms with E-state index in [1.54, 1.807) is 13.1 Å². The van der Waals surface area contributed by atoms with Gasteiger partial charge in [-0.1, -0.05) is 42.5 Å². The highest BCUT2D eigenvalue weighted by Crippen LogP contribution is 2.23. The average molecular weight is 277 g/mol. The summed E-state index contributed by atoms with van der Waals surface area (Å²) >= 11 is 0. The number of carbonyl (C=O) groups is 1. The fraction of sp³-hybridized carbons (Fsp3) is 0.111.